The molecule has 0 aliphatic carbocycles. The lowest BCUT2D eigenvalue weighted by Gasteiger charge is -2.21. The summed E-state index contributed by atoms with van der Waals surface area (Å²) in [5.74, 6) is -0.356. The number of aryl methyl sites for hydroxylation is 1. The first kappa shape index (κ1) is 21.5. The van der Waals surface area contributed by atoms with Crippen LogP contribution in [0, 0.1) is 6.92 Å². The summed E-state index contributed by atoms with van der Waals surface area (Å²) in [7, 11) is 1.55. The van der Waals surface area contributed by atoms with Crippen LogP contribution in [0.5, 0.6) is 0 Å². The number of hydrogen-bond donors (Lipinski definition) is 0. The number of carbonyl (C=O) groups is 1. The van der Waals surface area contributed by atoms with Gasteiger partial charge in [-0.3, -0.25) is 4.79 Å². The maximum atomic E-state index is 13.5. The molecule has 1 amide bonds. The van der Waals surface area contributed by atoms with Crippen molar-refractivity contribution in [3.8, 4) is 0 Å². The van der Waals surface area contributed by atoms with Gasteiger partial charge in [0, 0.05) is 25.5 Å². The van der Waals surface area contributed by atoms with Gasteiger partial charge in [0.1, 0.15) is 5.69 Å². The molecule has 3 rings (SSSR count). The molecule has 8 heteroatoms. The Morgan fingerprint density at radius 2 is 1.62 bits per heavy atom. The van der Waals surface area contributed by atoms with Gasteiger partial charge < -0.3 is 9.80 Å². The zero-order valence-electron chi connectivity index (χ0n) is 16.9. The second kappa shape index (κ2) is 8.30. The topological polar surface area (TPSA) is 62.6 Å². The molecular weight excluding hydrogens is 454 g/mol. The Morgan fingerprint density at radius 1 is 1.00 bits per heavy atom. The molecule has 3 aromatic rings. The van der Waals surface area contributed by atoms with E-state index in [1.54, 1.807) is 54.4 Å². The highest BCUT2D eigenvalue weighted by molar-refractivity contribution is 9.10. The van der Waals surface area contributed by atoms with E-state index in [1.165, 1.54) is 0 Å². The smallest absolute Gasteiger partial charge is 0.272 e. The number of carbonyl (C=O) groups excluding carboxylic acids is 1. The summed E-state index contributed by atoms with van der Waals surface area (Å²) in [5.41, 5.74) is 1.53. The van der Waals surface area contributed by atoms with Crippen LogP contribution in [0.25, 0.3) is 10.9 Å². The van der Waals surface area contributed by atoms with E-state index in [0.717, 1.165) is 9.54 Å². The van der Waals surface area contributed by atoms with Crippen molar-refractivity contribution in [3.63, 3.8) is 0 Å². The van der Waals surface area contributed by atoms with Crippen LogP contribution in [0.1, 0.15) is 16.1 Å². The highest BCUT2D eigenvalue weighted by atomic mass is 79.9. The number of rotatable bonds is 6. The Hall–Kier alpha value is -2.16. The Bertz CT molecular complexity index is 1150. The lowest BCUT2D eigenvalue weighted by atomic mass is 10.2. The van der Waals surface area contributed by atoms with Gasteiger partial charge in [0.2, 0.25) is 0 Å². The highest BCUT2D eigenvalue weighted by Crippen LogP contribution is 2.34. The van der Waals surface area contributed by atoms with Crippen molar-refractivity contribution in [1.29, 1.82) is 0 Å². The second-order valence-corrected chi connectivity index (χ2v) is 9.87. The van der Waals surface area contributed by atoms with Gasteiger partial charge in [-0.2, -0.15) is 0 Å². The van der Waals surface area contributed by atoms with Crippen LogP contribution in [0.4, 0.5) is 0 Å². The fourth-order valence-electron chi connectivity index (χ4n) is 3.05. The zero-order valence-corrected chi connectivity index (χ0v) is 19.3. The number of halogens is 1. The zero-order chi connectivity index (χ0) is 21.3. The molecule has 2 aromatic carbocycles. The molecule has 154 valence electrons. The van der Waals surface area contributed by atoms with E-state index in [2.05, 4.69) is 15.9 Å². The largest absolute Gasteiger partial charge is 0.339 e. The van der Waals surface area contributed by atoms with E-state index >= 15 is 0 Å². The Balaban J connectivity index is 2.22. The summed E-state index contributed by atoms with van der Waals surface area (Å²) < 4.78 is 28.7. The SMILES string of the molecule is Cc1ccc(S(=O)(=O)n2c(C(=O)N(C)CCN(C)C)c(Br)c3ccccc32)cc1. The van der Waals surface area contributed by atoms with Crippen molar-refractivity contribution >= 4 is 42.8 Å². The van der Waals surface area contributed by atoms with Crippen LogP contribution in [0.3, 0.4) is 0 Å². The molecule has 0 fully saturated rings. The molecule has 29 heavy (non-hydrogen) atoms. The third kappa shape index (κ3) is 4.10. The molecule has 1 heterocycles. The number of fused-ring (bicyclic) bond motifs is 1. The third-order valence-corrected chi connectivity index (χ3v) is 7.29. The van der Waals surface area contributed by atoms with Crippen LogP contribution >= 0.6 is 15.9 Å². The van der Waals surface area contributed by atoms with Gasteiger partial charge in [-0.15, -0.1) is 0 Å². The molecule has 0 saturated carbocycles. The quantitative estimate of drug-likeness (QED) is 0.544. The number of nitrogens with zero attached hydrogens (tertiary/aromatic N) is 3. The Kier molecular flexibility index (Phi) is 6.16. The number of likely N-dealkylation sites (N-methyl/N-ethyl adjacent to an activating group) is 2. The Labute approximate surface area is 179 Å². The van der Waals surface area contributed by atoms with Gasteiger partial charge in [-0.1, -0.05) is 35.9 Å². The predicted molar refractivity (Wildman–Crippen MR) is 119 cm³/mol. The molecule has 0 spiro atoms. The average Bonchev–Trinajstić information content (AvgIpc) is 2.99. The standard InChI is InChI=1S/C21H24BrN3O3S/c1-15-9-11-16(12-10-15)29(27,28)25-18-8-6-5-7-17(18)19(22)20(25)21(26)24(4)14-13-23(2)3/h5-12H,13-14H2,1-4H3. The molecule has 0 aliphatic rings. The summed E-state index contributed by atoms with van der Waals surface area (Å²) in [6, 6.07) is 13.7. The summed E-state index contributed by atoms with van der Waals surface area (Å²) >= 11 is 3.49. The molecule has 0 saturated heterocycles. The van der Waals surface area contributed by atoms with Crippen molar-refractivity contribution in [2.45, 2.75) is 11.8 Å². The lowest BCUT2D eigenvalue weighted by Crippen LogP contribution is -2.35. The van der Waals surface area contributed by atoms with E-state index in [9.17, 15) is 13.2 Å². The monoisotopic (exact) mass is 477 g/mol. The summed E-state index contributed by atoms with van der Waals surface area (Å²) in [6.45, 7) is 3.04. The normalized spacial score (nSPS) is 11.9. The predicted octanol–water partition coefficient (Wildman–Crippen LogP) is 3.58. The van der Waals surface area contributed by atoms with Crippen molar-refractivity contribution in [2.75, 3.05) is 34.2 Å². The first-order valence-corrected chi connectivity index (χ1v) is 11.4. The first-order chi connectivity index (χ1) is 13.6. The summed E-state index contributed by atoms with van der Waals surface area (Å²) in [4.78, 5) is 16.9. The molecule has 0 unspecified atom stereocenters. The number of benzene rings is 2. The first-order valence-electron chi connectivity index (χ1n) is 9.16. The van der Waals surface area contributed by atoms with Crippen LogP contribution in [0.2, 0.25) is 0 Å². The second-order valence-electron chi connectivity index (χ2n) is 7.29. The van der Waals surface area contributed by atoms with E-state index in [1.807, 2.05) is 32.0 Å². The van der Waals surface area contributed by atoms with Gasteiger partial charge in [0.15, 0.2) is 0 Å². The minimum Gasteiger partial charge on any atom is -0.339 e. The van der Waals surface area contributed by atoms with Gasteiger partial charge in [0.05, 0.1) is 14.9 Å². The number of amides is 1. The van der Waals surface area contributed by atoms with E-state index < -0.39 is 10.0 Å². The van der Waals surface area contributed by atoms with Crippen molar-refractivity contribution < 1.29 is 13.2 Å². The van der Waals surface area contributed by atoms with Crippen molar-refractivity contribution in [3.05, 3.63) is 64.3 Å². The van der Waals surface area contributed by atoms with Gasteiger partial charge in [0.25, 0.3) is 15.9 Å². The van der Waals surface area contributed by atoms with E-state index in [4.69, 9.17) is 0 Å². The molecular formula is C21H24BrN3O3S. The number of para-hydroxylation sites is 1. The maximum absolute atomic E-state index is 13.5. The fourth-order valence-corrected chi connectivity index (χ4v) is 5.37. The number of hydrogen-bond acceptors (Lipinski definition) is 4. The molecule has 6 nitrogen and oxygen atoms in total. The summed E-state index contributed by atoms with van der Waals surface area (Å²) in [5, 5.41) is 0.674. The minimum absolute atomic E-state index is 0.105. The average molecular weight is 478 g/mol. The summed E-state index contributed by atoms with van der Waals surface area (Å²) in [6.07, 6.45) is 0. The minimum atomic E-state index is -3.97. The van der Waals surface area contributed by atoms with Crippen molar-refractivity contribution in [1.82, 2.24) is 13.8 Å². The molecule has 1 aromatic heterocycles. The van der Waals surface area contributed by atoms with Gasteiger partial charge in [-0.25, -0.2) is 12.4 Å². The van der Waals surface area contributed by atoms with E-state index in [-0.39, 0.29) is 16.5 Å². The van der Waals surface area contributed by atoms with Gasteiger partial charge >= 0.3 is 0 Å². The Morgan fingerprint density at radius 3 is 2.24 bits per heavy atom. The number of aromatic nitrogens is 1. The molecule has 0 aliphatic heterocycles. The maximum Gasteiger partial charge on any atom is 0.272 e. The molecule has 0 bridgehead atoms. The molecule has 0 N–H and O–H groups in total. The van der Waals surface area contributed by atoms with Crippen molar-refractivity contribution in [2.24, 2.45) is 0 Å². The van der Waals surface area contributed by atoms with Crippen LogP contribution in [-0.2, 0) is 10.0 Å². The van der Waals surface area contributed by atoms with Crippen LogP contribution in [-0.4, -0.2) is 62.3 Å². The third-order valence-electron chi connectivity index (χ3n) is 4.76. The molecule has 0 atom stereocenters. The van der Waals surface area contributed by atoms with Crippen LogP contribution < -0.4 is 0 Å². The van der Waals surface area contributed by atoms with Crippen LogP contribution in [0.15, 0.2) is 57.9 Å². The van der Waals surface area contributed by atoms with E-state index in [0.29, 0.717) is 28.5 Å². The molecule has 0 radical (unpaired) electrons. The highest BCUT2D eigenvalue weighted by Gasteiger charge is 2.31. The van der Waals surface area contributed by atoms with Gasteiger partial charge in [-0.05, 0) is 55.1 Å². The fraction of sp³-hybridized carbons (Fsp3) is 0.286. The lowest BCUT2D eigenvalue weighted by molar-refractivity contribution is 0.0779.